The van der Waals surface area contributed by atoms with Crippen molar-refractivity contribution in [2.75, 3.05) is 5.73 Å². The third-order valence-corrected chi connectivity index (χ3v) is 3.19. The molecule has 0 bridgehead atoms. The lowest BCUT2D eigenvalue weighted by Gasteiger charge is -2.09. The summed E-state index contributed by atoms with van der Waals surface area (Å²) >= 11 is 9.27. The van der Waals surface area contributed by atoms with Crippen LogP contribution in [-0.4, -0.2) is 0 Å². The Morgan fingerprint density at radius 3 is 2.41 bits per heavy atom. The van der Waals surface area contributed by atoms with E-state index < -0.39 is 11.6 Å². The number of hydrogen-bond acceptors (Lipinski definition) is 1. The molecule has 2 aromatic carbocycles. The van der Waals surface area contributed by atoms with E-state index in [2.05, 4.69) is 15.9 Å². The molecule has 17 heavy (non-hydrogen) atoms. The Morgan fingerprint density at radius 1 is 1.12 bits per heavy atom. The molecule has 88 valence electrons. The lowest BCUT2D eigenvalue weighted by atomic mass is 10.0. The van der Waals surface area contributed by atoms with Crippen LogP contribution in [0.4, 0.5) is 14.5 Å². The van der Waals surface area contributed by atoms with E-state index in [0.29, 0.717) is 20.7 Å². The van der Waals surface area contributed by atoms with Crippen LogP contribution < -0.4 is 5.73 Å². The van der Waals surface area contributed by atoms with Gasteiger partial charge in [0.2, 0.25) is 0 Å². The van der Waals surface area contributed by atoms with E-state index in [4.69, 9.17) is 17.3 Å². The first-order valence-corrected chi connectivity index (χ1v) is 5.86. The second-order valence-electron chi connectivity index (χ2n) is 3.48. The number of anilines is 1. The molecule has 2 aromatic rings. The van der Waals surface area contributed by atoms with Crippen LogP contribution in [0.15, 0.2) is 34.8 Å². The molecule has 2 rings (SSSR count). The average molecular weight is 319 g/mol. The van der Waals surface area contributed by atoms with Crippen molar-refractivity contribution < 1.29 is 8.78 Å². The Bertz CT molecular complexity index is 564. The van der Waals surface area contributed by atoms with Gasteiger partial charge in [0, 0.05) is 27.4 Å². The predicted octanol–water partition coefficient (Wildman–Crippen LogP) is 4.63. The minimum Gasteiger partial charge on any atom is -0.399 e. The highest BCUT2D eigenvalue weighted by atomic mass is 79.9. The zero-order valence-electron chi connectivity index (χ0n) is 8.48. The maximum Gasteiger partial charge on any atom is 0.134 e. The topological polar surface area (TPSA) is 26.0 Å². The molecule has 0 aliphatic rings. The molecule has 1 nitrogen and oxygen atoms in total. The van der Waals surface area contributed by atoms with E-state index in [1.165, 1.54) is 18.2 Å². The molecule has 0 aromatic heterocycles. The van der Waals surface area contributed by atoms with Crippen LogP contribution >= 0.6 is 27.5 Å². The molecule has 0 aliphatic heterocycles. The summed E-state index contributed by atoms with van der Waals surface area (Å²) in [5.41, 5.74) is 6.75. The normalized spacial score (nSPS) is 10.6. The summed E-state index contributed by atoms with van der Waals surface area (Å²) < 4.78 is 27.0. The van der Waals surface area contributed by atoms with Crippen molar-refractivity contribution in [1.29, 1.82) is 0 Å². The van der Waals surface area contributed by atoms with E-state index in [1.807, 2.05) is 0 Å². The van der Waals surface area contributed by atoms with Crippen molar-refractivity contribution in [3.63, 3.8) is 0 Å². The molecule has 0 aliphatic carbocycles. The molecule has 0 heterocycles. The Kier molecular flexibility index (Phi) is 3.35. The first-order valence-electron chi connectivity index (χ1n) is 4.69. The Morgan fingerprint density at radius 2 is 1.82 bits per heavy atom. The number of halogens is 4. The summed E-state index contributed by atoms with van der Waals surface area (Å²) in [6.07, 6.45) is 0. The van der Waals surface area contributed by atoms with Crippen molar-refractivity contribution in [2.24, 2.45) is 0 Å². The fourth-order valence-corrected chi connectivity index (χ4v) is 2.68. The molecule has 5 heteroatoms. The van der Waals surface area contributed by atoms with Gasteiger partial charge < -0.3 is 5.73 Å². The summed E-state index contributed by atoms with van der Waals surface area (Å²) in [7, 11) is 0. The van der Waals surface area contributed by atoms with Gasteiger partial charge in [0.15, 0.2) is 0 Å². The number of benzene rings is 2. The lowest BCUT2D eigenvalue weighted by Crippen LogP contribution is -1.91. The van der Waals surface area contributed by atoms with Crippen LogP contribution in [0.2, 0.25) is 5.02 Å². The molecule has 0 saturated carbocycles. The molecule has 0 amide bonds. The Balaban J connectivity index is 2.68. The second-order valence-corrected chi connectivity index (χ2v) is 4.75. The van der Waals surface area contributed by atoms with Crippen LogP contribution in [0, 0.1) is 11.6 Å². The summed E-state index contributed by atoms with van der Waals surface area (Å²) in [5, 5.41) is 0.308. The van der Waals surface area contributed by atoms with Gasteiger partial charge in [-0.05, 0) is 24.3 Å². The lowest BCUT2D eigenvalue weighted by molar-refractivity contribution is 0.585. The summed E-state index contributed by atoms with van der Waals surface area (Å²) in [6, 6.07) is 6.47. The highest BCUT2D eigenvalue weighted by Crippen LogP contribution is 2.38. The van der Waals surface area contributed by atoms with Crippen LogP contribution in [0.1, 0.15) is 0 Å². The Labute approximate surface area is 110 Å². The van der Waals surface area contributed by atoms with Crippen LogP contribution in [0.3, 0.4) is 0 Å². The number of nitrogen functional groups attached to an aromatic ring is 1. The molecule has 0 fully saturated rings. The van der Waals surface area contributed by atoms with E-state index in [1.54, 1.807) is 6.07 Å². The smallest absolute Gasteiger partial charge is 0.134 e. The van der Waals surface area contributed by atoms with Crippen molar-refractivity contribution >= 4 is 33.2 Å². The summed E-state index contributed by atoms with van der Waals surface area (Å²) in [6.45, 7) is 0. The second kappa shape index (κ2) is 4.63. The average Bonchev–Trinajstić information content (AvgIpc) is 2.19. The molecule has 0 radical (unpaired) electrons. The monoisotopic (exact) mass is 317 g/mol. The van der Waals surface area contributed by atoms with Crippen molar-refractivity contribution in [1.82, 2.24) is 0 Å². The first-order chi connectivity index (χ1) is 7.99. The van der Waals surface area contributed by atoms with Gasteiger partial charge in [0.25, 0.3) is 0 Å². The standard InChI is InChI=1S/C12H7BrClF2N/c13-9-4-7(17)5-10(14)12(9)8-2-1-6(15)3-11(8)16/h1-5H,17H2. The van der Waals surface area contributed by atoms with Gasteiger partial charge >= 0.3 is 0 Å². The van der Waals surface area contributed by atoms with Crippen molar-refractivity contribution in [2.45, 2.75) is 0 Å². The highest BCUT2D eigenvalue weighted by molar-refractivity contribution is 9.10. The quantitative estimate of drug-likeness (QED) is 0.762. The number of rotatable bonds is 1. The van der Waals surface area contributed by atoms with Gasteiger partial charge in [-0.2, -0.15) is 0 Å². The molecular weight excluding hydrogens is 311 g/mol. The minimum atomic E-state index is -0.669. The van der Waals surface area contributed by atoms with Crippen LogP contribution in [-0.2, 0) is 0 Å². The largest absolute Gasteiger partial charge is 0.399 e. The van der Waals surface area contributed by atoms with Gasteiger partial charge in [0.1, 0.15) is 11.6 Å². The van der Waals surface area contributed by atoms with Crippen LogP contribution in [0.25, 0.3) is 11.1 Å². The number of hydrogen-bond donors (Lipinski definition) is 1. The molecule has 2 N–H and O–H groups in total. The molecule has 0 saturated heterocycles. The fourth-order valence-electron chi connectivity index (χ4n) is 1.54. The molecule has 0 spiro atoms. The van der Waals surface area contributed by atoms with E-state index in [0.717, 1.165) is 6.07 Å². The zero-order valence-corrected chi connectivity index (χ0v) is 10.8. The number of nitrogens with two attached hydrogens (primary N) is 1. The van der Waals surface area contributed by atoms with Gasteiger partial charge in [-0.15, -0.1) is 0 Å². The molecule has 0 unspecified atom stereocenters. The molecule has 0 atom stereocenters. The Hall–Kier alpha value is -1.13. The van der Waals surface area contributed by atoms with E-state index >= 15 is 0 Å². The van der Waals surface area contributed by atoms with Crippen LogP contribution in [0.5, 0.6) is 0 Å². The van der Waals surface area contributed by atoms with E-state index in [9.17, 15) is 8.78 Å². The minimum absolute atomic E-state index is 0.225. The van der Waals surface area contributed by atoms with Gasteiger partial charge in [-0.1, -0.05) is 27.5 Å². The van der Waals surface area contributed by atoms with E-state index in [-0.39, 0.29) is 5.56 Å². The van der Waals surface area contributed by atoms with Gasteiger partial charge in [-0.3, -0.25) is 0 Å². The van der Waals surface area contributed by atoms with Crippen molar-refractivity contribution in [3.05, 3.63) is 51.5 Å². The predicted molar refractivity (Wildman–Crippen MR) is 68.9 cm³/mol. The first kappa shape index (κ1) is 12.3. The fraction of sp³-hybridized carbons (Fsp3) is 0. The SMILES string of the molecule is Nc1cc(Cl)c(-c2ccc(F)cc2F)c(Br)c1. The maximum atomic E-state index is 13.6. The summed E-state index contributed by atoms with van der Waals surface area (Å²) in [5.74, 6) is -1.30. The summed E-state index contributed by atoms with van der Waals surface area (Å²) in [4.78, 5) is 0. The molecular formula is C12H7BrClF2N. The van der Waals surface area contributed by atoms with Gasteiger partial charge in [-0.25, -0.2) is 8.78 Å². The third kappa shape index (κ3) is 2.42. The van der Waals surface area contributed by atoms with Gasteiger partial charge in [0.05, 0.1) is 5.02 Å². The zero-order chi connectivity index (χ0) is 12.6. The van der Waals surface area contributed by atoms with Crippen molar-refractivity contribution in [3.8, 4) is 11.1 Å². The third-order valence-electron chi connectivity index (χ3n) is 2.26. The highest BCUT2D eigenvalue weighted by Gasteiger charge is 2.14. The maximum absolute atomic E-state index is 13.6.